The number of rotatable bonds is 2. The zero-order valence-electron chi connectivity index (χ0n) is 36.3. The summed E-state index contributed by atoms with van der Waals surface area (Å²) >= 11 is 0. The molecular formula is C45H57F3O11S. The topological polar surface area (TPSA) is 149 Å². The number of Topliss-reactive ketones (excluding diaryl/α,β-unsaturated/α-hetero) is 2. The van der Waals surface area contributed by atoms with Gasteiger partial charge in [-0.3, -0.25) is 13.8 Å². The smallest absolute Gasteiger partial charge is 0.426 e. The van der Waals surface area contributed by atoms with E-state index in [-0.39, 0.29) is 52.1 Å². The van der Waals surface area contributed by atoms with Crippen LogP contribution in [0, 0.1) is 86.8 Å². The third-order valence-electron chi connectivity index (χ3n) is 18.6. The molecule has 0 unspecified atom stereocenters. The van der Waals surface area contributed by atoms with E-state index in [1.54, 1.807) is 13.0 Å². The summed E-state index contributed by atoms with van der Waals surface area (Å²) in [5.41, 5.74) is -7.45. The lowest BCUT2D eigenvalue weighted by Crippen LogP contribution is -2.61. The molecule has 5 saturated carbocycles. The summed E-state index contributed by atoms with van der Waals surface area (Å²) in [7, 11) is -6.02. The van der Waals surface area contributed by atoms with E-state index in [2.05, 4.69) is 46.8 Å². The number of hydrogen-bond acceptors (Lipinski definition) is 11. The van der Waals surface area contributed by atoms with Crippen molar-refractivity contribution in [3.05, 3.63) is 34.9 Å². The van der Waals surface area contributed by atoms with Gasteiger partial charge in [0.1, 0.15) is 0 Å². The molecule has 0 amide bonds. The molecule has 2 saturated heterocycles. The van der Waals surface area contributed by atoms with Crippen LogP contribution in [0.4, 0.5) is 22.8 Å². The van der Waals surface area contributed by atoms with E-state index < -0.39 is 91.8 Å². The molecular weight excluding hydrogens is 806 g/mol. The average molecular weight is 863 g/mol. The summed E-state index contributed by atoms with van der Waals surface area (Å²) in [5.74, 6) is -2.62. The van der Waals surface area contributed by atoms with Crippen LogP contribution in [0.15, 0.2) is 34.9 Å². The van der Waals surface area contributed by atoms with Crippen LogP contribution in [0.25, 0.3) is 0 Å². The normalized spacial score (nSPS) is 50.8. The van der Waals surface area contributed by atoms with Gasteiger partial charge in [-0.05, 0) is 85.5 Å². The summed E-state index contributed by atoms with van der Waals surface area (Å²) < 4.78 is 92.6. The number of ether oxygens (including phenoxy) is 4. The number of fused-ring (bicyclic) bond motifs is 6. The molecule has 2 aliphatic heterocycles. The fourth-order valence-electron chi connectivity index (χ4n) is 15.3. The van der Waals surface area contributed by atoms with Gasteiger partial charge in [0.2, 0.25) is 0 Å². The van der Waals surface area contributed by atoms with Crippen LogP contribution in [0.1, 0.15) is 95.9 Å². The van der Waals surface area contributed by atoms with E-state index in [0.29, 0.717) is 18.3 Å². The Morgan fingerprint density at radius 3 is 1.75 bits per heavy atom. The Morgan fingerprint density at radius 1 is 0.700 bits per heavy atom. The Morgan fingerprint density at radius 2 is 1.18 bits per heavy atom. The van der Waals surface area contributed by atoms with Crippen molar-refractivity contribution >= 4 is 34.0 Å². The van der Waals surface area contributed by atoms with E-state index in [9.17, 15) is 40.8 Å². The average Bonchev–Trinajstić information content (AvgIpc) is 3.56. The number of halogens is 3. The molecule has 0 aromatic carbocycles. The number of alkyl halides is 3. The van der Waals surface area contributed by atoms with Gasteiger partial charge in [0.15, 0.2) is 35.0 Å². The van der Waals surface area contributed by atoms with Crippen molar-refractivity contribution in [2.75, 3.05) is 0 Å². The van der Waals surface area contributed by atoms with Crippen LogP contribution >= 0.6 is 0 Å². The molecule has 10 aliphatic rings. The van der Waals surface area contributed by atoms with Crippen LogP contribution in [0.5, 0.6) is 0 Å². The molecule has 7 fully saturated rings. The van der Waals surface area contributed by atoms with Crippen molar-refractivity contribution < 1.29 is 63.9 Å². The van der Waals surface area contributed by atoms with Gasteiger partial charge in [-0.25, -0.2) is 9.59 Å². The third kappa shape index (κ3) is 4.64. The van der Waals surface area contributed by atoms with Crippen LogP contribution in [-0.4, -0.2) is 67.3 Å². The Bertz CT molecular complexity index is 2230. The summed E-state index contributed by atoms with van der Waals surface area (Å²) in [4.78, 5) is 53.5. The van der Waals surface area contributed by atoms with Gasteiger partial charge < -0.3 is 18.9 Å². The maximum Gasteiger partial charge on any atom is 0.523 e. The SMILES string of the molecule is CC1=C[C@@H]2C(=O)[C@]3(C=C(C)[C@H](C)[C@]34OC(=O)O[C@H]14)[C@H](C)C[C@@H]1[C@H]2C1(C)C.CC1=C[C@]23C(=O)[C@@H]([C@H](OS(=O)(=O)C(F)(F)F)[C@H](C)[C@H]4OC(=O)O[C@]42[C@H]1C)[C@H]1[C@@H](C[C@H]3C)C1(C)C. The lowest BCUT2D eigenvalue weighted by Gasteiger charge is -2.47. The molecule has 330 valence electrons. The fourth-order valence-corrected chi connectivity index (χ4v) is 16.0. The van der Waals surface area contributed by atoms with Gasteiger partial charge in [-0.15, -0.1) is 0 Å². The lowest BCUT2D eigenvalue weighted by molar-refractivity contribution is -0.154. The minimum atomic E-state index is -6.02. The van der Waals surface area contributed by atoms with Crippen LogP contribution in [0.3, 0.4) is 0 Å². The van der Waals surface area contributed by atoms with Gasteiger partial charge in [0, 0.05) is 23.7 Å². The van der Waals surface area contributed by atoms with Gasteiger partial charge in [0.05, 0.1) is 22.9 Å². The highest BCUT2D eigenvalue weighted by molar-refractivity contribution is 7.87. The Hall–Kier alpha value is -3.20. The van der Waals surface area contributed by atoms with Crippen molar-refractivity contribution in [3.63, 3.8) is 0 Å². The highest BCUT2D eigenvalue weighted by atomic mass is 32.2. The van der Waals surface area contributed by atoms with Gasteiger partial charge in [0.25, 0.3) is 0 Å². The molecule has 2 heterocycles. The Labute approximate surface area is 349 Å². The van der Waals surface area contributed by atoms with Gasteiger partial charge >= 0.3 is 27.9 Å². The quantitative estimate of drug-likeness (QED) is 0.114. The first-order chi connectivity index (χ1) is 27.5. The number of allylic oxidation sites excluding steroid dienone is 1. The third-order valence-corrected chi connectivity index (χ3v) is 19.6. The zero-order chi connectivity index (χ0) is 44.2. The molecule has 18 atom stereocenters. The van der Waals surface area contributed by atoms with Crippen molar-refractivity contribution in [2.45, 2.75) is 131 Å². The molecule has 15 heteroatoms. The number of carbonyl (C=O) groups excluding carboxylic acids is 4. The minimum absolute atomic E-state index is 0.0149. The maximum absolute atomic E-state index is 14.6. The van der Waals surface area contributed by atoms with E-state index in [0.717, 1.165) is 23.1 Å². The first-order valence-corrected chi connectivity index (χ1v) is 22.9. The summed E-state index contributed by atoms with van der Waals surface area (Å²) in [6.45, 7) is 23.8. The van der Waals surface area contributed by atoms with Gasteiger partial charge in [-0.2, -0.15) is 21.6 Å². The molecule has 4 spiro atoms. The van der Waals surface area contributed by atoms with Crippen molar-refractivity contribution in [2.24, 2.45) is 86.8 Å². The summed E-state index contributed by atoms with van der Waals surface area (Å²) in [6.07, 6.45) is 2.69. The van der Waals surface area contributed by atoms with Crippen molar-refractivity contribution in [1.29, 1.82) is 0 Å². The van der Waals surface area contributed by atoms with Crippen molar-refractivity contribution in [1.82, 2.24) is 0 Å². The molecule has 0 N–H and O–H groups in total. The highest BCUT2D eigenvalue weighted by Gasteiger charge is 2.83. The molecule has 8 aliphatic carbocycles. The molecule has 4 bridgehead atoms. The number of hydrogen-bond donors (Lipinski definition) is 0. The van der Waals surface area contributed by atoms with Crippen LogP contribution in [0.2, 0.25) is 0 Å². The van der Waals surface area contributed by atoms with Crippen LogP contribution < -0.4 is 0 Å². The monoisotopic (exact) mass is 862 g/mol. The number of ketones is 2. The number of carbonyl (C=O) groups is 4. The summed E-state index contributed by atoms with van der Waals surface area (Å²) in [6, 6.07) is 0. The van der Waals surface area contributed by atoms with Crippen LogP contribution in [-0.2, 0) is 42.8 Å². The molecule has 0 radical (unpaired) electrons. The van der Waals surface area contributed by atoms with Crippen molar-refractivity contribution in [3.8, 4) is 0 Å². The second kappa shape index (κ2) is 12.1. The fraction of sp³-hybridized carbons (Fsp3) is 0.778. The van der Waals surface area contributed by atoms with E-state index in [4.69, 9.17) is 23.1 Å². The maximum atomic E-state index is 14.6. The first-order valence-electron chi connectivity index (χ1n) is 21.5. The molecule has 10 rings (SSSR count). The van der Waals surface area contributed by atoms with E-state index in [1.807, 2.05) is 34.6 Å². The Kier molecular flexibility index (Phi) is 8.48. The predicted molar refractivity (Wildman–Crippen MR) is 208 cm³/mol. The molecule has 60 heavy (non-hydrogen) atoms. The predicted octanol–water partition coefficient (Wildman–Crippen LogP) is 8.53. The van der Waals surface area contributed by atoms with Gasteiger partial charge in [-0.1, -0.05) is 91.7 Å². The second-order valence-corrected chi connectivity index (χ2v) is 23.0. The Balaban J connectivity index is 0.000000159. The highest BCUT2D eigenvalue weighted by Crippen LogP contribution is 2.76. The second-order valence-electron chi connectivity index (χ2n) is 21.5. The largest absolute Gasteiger partial charge is 0.523 e. The van der Waals surface area contributed by atoms with E-state index >= 15 is 0 Å². The van der Waals surface area contributed by atoms with E-state index in [1.165, 1.54) is 6.92 Å². The lowest BCUT2D eigenvalue weighted by atomic mass is 9.57. The first kappa shape index (κ1) is 42.1. The minimum Gasteiger partial charge on any atom is -0.426 e. The summed E-state index contributed by atoms with van der Waals surface area (Å²) in [5, 5.41) is 0. The molecule has 0 aromatic heterocycles. The standard InChI is InChI=1S/C23H29F3O7S.C22H28O4/c1-9-8-21-10(2)7-13-15(20(13,5)6)14(17(21)27)16(33-34(29,30)23(24,25)26)11(3)18-22(21,12(9)4)32-19(28)31-18;1-10-7-14-16-15(20(16,5)6)8-12(3)21(17(14)23)9-11(2)13(4)22(21)18(10)25-19(24)26-22/h8,10-16,18H,7H2,1-6H3;7,9,12-16,18H,8H2,1-6H3/t10-,11+,12+,13-,14-,15-,16-,18-,21+,22-;12-,13+,14+,15-,16+,18-,21+,22-/m11/s1. The molecule has 11 nitrogen and oxygen atoms in total. The molecule has 0 aromatic rings. The zero-order valence-corrected chi connectivity index (χ0v) is 37.1.